The van der Waals surface area contributed by atoms with Gasteiger partial charge in [-0.15, -0.1) is 0 Å². The average Bonchev–Trinajstić information content (AvgIpc) is 2.46. The van der Waals surface area contributed by atoms with Crippen molar-refractivity contribution in [3.8, 4) is 0 Å². The molecule has 1 fully saturated rings. The van der Waals surface area contributed by atoms with Crippen molar-refractivity contribution in [2.45, 2.75) is 39.3 Å². The van der Waals surface area contributed by atoms with Crippen molar-refractivity contribution < 1.29 is 0 Å². The zero-order chi connectivity index (χ0) is 13.8. The Morgan fingerprint density at radius 3 is 2.37 bits per heavy atom. The maximum Gasteiger partial charge on any atom is 0.128 e. The summed E-state index contributed by atoms with van der Waals surface area (Å²) in [6.45, 7) is 10.9. The molecule has 0 aromatic carbocycles. The Bertz CT molecular complexity index is 380. The fraction of sp³-hybridized carbons (Fsp3) is 0.667. The van der Waals surface area contributed by atoms with Gasteiger partial charge in [-0.05, 0) is 31.9 Å². The highest BCUT2D eigenvalue weighted by Crippen LogP contribution is 2.17. The van der Waals surface area contributed by atoms with Crippen molar-refractivity contribution in [2.24, 2.45) is 5.73 Å². The van der Waals surface area contributed by atoms with E-state index in [2.05, 4.69) is 40.8 Å². The van der Waals surface area contributed by atoms with Crippen LogP contribution in [0.3, 0.4) is 0 Å². The van der Waals surface area contributed by atoms with Crippen molar-refractivity contribution in [3.63, 3.8) is 0 Å². The van der Waals surface area contributed by atoms with Crippen LogP contribution in [0.5, 0.6) is 0 Å². The minimum absolute atomic E-state index is 0.0591. The molecule has 1 aliphatic rings. The van der Waals surface area contributed by atoms with Crippen LogP contribution in [0, 0.1) is 0 Å². The molecule has 0 radical (unpaired) electrons. The Morgan fingerprint density at radius 2 is 1.89 bits per heavy atom. The molecule has 1 aromatic heterocycles. The van der Waals surface area contributed by atoms with E-state index in [0.29, 0.717) is 6.04 Å². The van der Waals surface area contributed by atoms with Gasteiger partial charge in [-0.3, -0.25) is 4.90 Å². The molecular weight excluding hydrogens is 236 g/mol. The smallest absolute Gasteiger partial charge is 0.128 e. The Labute approximate surface area is 116 Å². The Kier molecular flexibility index (Phi) is 4.77. The number of anilines is 1. The van der Waals surface area contributed by atoms with E-state index in [4.69, 9.17) is 5.73 Å². The summed E-state index contributed by atoms with van der Waals surface area (Å²) >= 11 is 0. The zero-order valence-corrected chi connectivity index (χ0v) is 12.3. The number of piperazine rings is 1. The van der Waals surface area contributed by atoms with Gasteiger partial charge in [0, 0.05) is 44.5 Å². The number of aromatic nitrogens is 1. The van der Waals surface area contributed by atoms with E-state index in [1.165, 1.54) is 6.42 Å². The topological polar surface area (TPSA) is 45.4 Å². The predicted molar refractivity (Wildman–Crippen MR) is 80.4 cm³/mol. The molecule has 4 heteroatoms. The third kappa shape index (κ3) is 3.45. The molecule has 1 unspecified atom stereocenters. The van der Waals surface area contributed by atoms with Crippen LogP contribution in [0.1, 0.15) is 38.8 Å². The molecule has 1 aliphatic heterocycles. The van der Waals surface area contributed by atoms with E-state index in [-0.39, 0.29) is 6.04 Å². The second-order valence-corrected chi connectivity index (χ2v) is 5.52. The molecule has 4 nitrogen and oxygen atoms in total. The summed E-state index contributed by atoms with van der Waals surface area (Å²) in [7, 11) is 0. The molecule has 0 amide bonds. The SMILES string of the molecule is CCC(C)N1CCN(c2ccc([C@H](C)N)cn2)CC1. The fourth-order valence-corrected chi connectivity index (χ4v) is 2.50. The first kappa shape index (κ1) is 14.3. The summed E-state index contributed by atoms with van der Waals surface area (Å²) in [5, 5.41) is 0. The number of pyridine rings is 1. The van der Waals surface area contributed by atoms with Crippen LogP contribution < -0.4 is 10.6 Å². The molecule has 1 aromatic rings. The summed E-state index contributed by atoms with van der Waals surface area (Å²) in [6.07, 6.45) is 3.13. The standard InChI is InChI=1S/C15H26N4/c1-4-12(2)18-7-9-19(10-8-18)15-6-5-14(11-17-15)13(3)16/h5-6,11-13H,4,7-10,16H2,1-3H3/t12?,13-/m0/s1. The van der Waals surface area contributed by atoms with Crippen molar-refractivity contribution >= 4 is 5.82 Å². The van der Waals surface area contributed by atoms with Crippen LogP contribution in [0.15, 0.2) is 18.3 Å². The molecule has 2 N–H and O–H groups in total. The summed E-state index contributed by atoms with van der Waals surface area (Å²) in [5.74, 6) is 1.08. The summed E-state index contributed by atoms with van der Waals surface area (Å²) in [6, 6.07) is 4.94. The van der Waals surface area contributed by atoms with E-state index < -0.39 is 0 Å². The lowest BCUT2D eigenvalue weighted by molar-refractivity contribution is 0.192. The minimum Gasteiger partial charge on any atom is -0.354 e. The number of hydrogen-bond donors (Lipinski definition) is 1. The average molecular weight is 262 g/mol. The van der Waals surface area contributed by atoms with Gasteiger partial charge in [-0.2, -0.15) is 0 Å². The van der Waals surface area contributed by atoms with Crippen LogP contribution in [0.2, 0.25) is 0 Å². The Morgan fingerprint density at radius 1 is 1.21 bits per heavy atom. The lowest BCUT2D eigenvalue weighted by Gasteiger charge is -2.38. The van der Waals surface area contributed by atoms with E-state index in [1.54, 1.807) is 0 Å². The number of nitrogens with two attached hydrogens (primary N) is 1. The Hall–Kier alpha value is -1.13. The normalized spacial score (nSPS) is 20.3. The van der Waals surface area contributed by atoms with E-state index >= 15 is 0 Å². The number of rotatable bonds is 4. The van der Waals surface area contributed by atoms with Gasteiger partial charge in [-0.25, -0.2) is 4.98 Å². The van der Waals surface area contributed by atoms with Crippen LogP contribution >= 0.6 is 0 Å². The molecule has 0 aliphatic carbocycles. The lowest BCUT2D eigenvalue weighted by atomic mass is 10.1. The molecular formula is C15H26N4. The van der Waals surface area contributed by atoms with Crippen LogP contribution in [0.4, 0.5) is 5.82 Å². The van der Waals surface area contributed by atoms with Gasteiger partial charge in [0.25, 0.3) is 0 Å². The Balaban J connectivity index is 1.94. The van der Waals surface area contributed by atoms with Gasteiger partial charge < -0.3 is 10.6 Å². The van der Waals surface area contributed by atoms with Gasteiger partial charge >= 0.3 is 0 Å². The fourth-order valence-electron chi connectivity index (χ4n) is 2.50. The maximum absolute atomic E-state index is 5.85. The van der Waals surface area contributed by atoms with E-state index in [0.717, 1.165) is 37.6 Å². The quantitative estimate of drug-likeness (QED) is 0.902. The van der Waals surface area contributed by atoms with Gasteiger partial charge in [0.1, 0.15) is 5.82 Å². The maximum atomic E-state index is 5.85. The minimum atomic E-state index is 0.0591. The highest BCUT2D eigenvalue weighted by Gasteiger charge is 2.20. The van der Waals surface area contributed by atoms with Gasteiger partial charge in [0.2, 0.25) is 0 Å². The molecule has 2 heterocycles. The second kappa shape index (κ2) is 6.35. The third-order valence-electron chi connectivity index (χ3n) is 4.15. The predicted octanol–water partition coefficient (Wildman–Crippen LogP) is 2.02. The first-order valence-corrected chi connectivity index (χ1v) is 7.32. The molecule has 0 bridgehead atoms. The van der Waals surface area contributed by atoms with Crippen molar-refractivity contribution in [3.05, 3.63) is 23.9 Å². The molecule has 2 rings (SSSR count). The molecule has 19 heavy (non-hydrogen) atoms. The van der Waals surface area contributed by atoms with Gasteiger partial charge in [0.15, 0.2) is 0 Å². The van der Waals surface area contributed by atoms with Gasteiger partial charge in [0.05, 0.1) is 0 Å². The molecule has 2 atom stereocenters. The van der Waals surface area contributed by atoms with Crippen LogP contribution in [0.25, 0.3) is 0 Å². The molecule has 0 spiro atoms. The number of nitrogens with zero attached hydrogens (tertiary/aromatic N) is 3. The lowest BCUT2D eigenvalue weighted by Crippen LogP contribution is -2.49. The van der Waals surface area contributed by atoms with Crippen molar-refractivity contribution in [2.75, 3.05) is 31.1 Å². The first-order chi connectivity index (χ1) is 9.11. The molecule has 0 saturated carbocycles. The zero-order valence-electron chi connectivity index (χ0n) is 12.3. The second-order valence-electron chi connectivity index (χ2n) is 5.52. The van der Waals surface area contributed by atoms with Crippen molar-refractivity contribution in [1.82, 2.24) is 9.88 Å². The molecule has 1 saturated heterocycles. The van der Waals surface area contributed by atoms with Gasteiger partial charge in [-0.1, -0.05) is 13.0 Å². The highest BCUT2D eigenvalue weighted by atomic mass is 15.3. The third-order valence-corrected chi connectivity index (χ3v) is 4.15. The van der Waals surface area contributed by atoms with E-state index in [1.807, 2.05) is 13.1 Å². The first-order valence-electron chi connectivity index (χ1n) is 7.32. The summed E-state index contributed by atoms with van der Waals surface area (Å²) < 4.78 is 0. The summed E-state index contributed by atoms with van der Waals surface area (Å²) in [5.41, 5.74) is 6.95. The number of hydrogen-bond acceptors (Lipinski definition) is 4. The van der Waals surface area contributed by atoms with Crippen LogP contribution in [-0.2, 0) is 0 Å². The van der Waals surface area contributed by atoms with E-state index in [9.17, 15) is 0 Å². The highest BCUT2D eigenvalue weighted by molar-refractivity contribution is 5.40. The monoisotopic (exact) mass is 262 g/mol. The largest absolute Gasteiger partial charge is 0.354 e. The molecule has 106 valence electrons. The summed E-state index contributed by atoms with van der Waals surface area (Å²) in [4.78, 5) is 9.47. The van der Waals surface area contributed by atoms with Crippen molar-refractivity contribution in [1.29, 1.82) is 0 Å². The van der Waals surface area contributed by atoms with Crippen LogP contribution in [-0.4, -0.2) is 42.1 Å².